The highest BCUT2D eigenvalue weighted by Gasteiger charge is 2.20. The summed E-state index contributed by atoms with van der Waals surface area (Å²) in [5.41, 5.74) is 4.88. The SMILES string of the molecule is c1ccc2c(CN3CCCC(Nc4ccc5[nH]ncc5c4)C3)c[nH]c2c1. The largest absolute Gasteiger partial charge is 0.381 e. The van der Waals surface area contributed by atoms with Crippen molar-refractivity contribution < 1.29 is 0 Å². The van der Waals surface area contributed by atoms with Crippen molar-refractivity contribution in [2.45, 2.75) is 25.4 Å². The third-order valence-corrected chi connectivity index (χ3v) is 5.39. The van der Waals surface area contributed by atoms with Crippen LogP contribution in [0.25, 0.3) is 21.8 Å². The first kappa shape index (κ1) is 15.5. The van der Waals surface area contributed by atoms with E-state index in [1.165, 1.54) is 41.5 Å². The number of hydrogen-bond acceptors (Lipinski definition) is 3. The Labute approximate surface area is 152 Å². The first-order chi connectivity index (χ1) is 12.8. The maximum atomic E-state index is 4.10. The Morgan fingerprint density at radius 1 is 1.15 bits per heavy atom. The van der Waals surface area contributed by atoms with Crippen molar-refractivity contribution in [1.82, 2.24) is 20.1 Å². The number of para-hydroxylation sites is 1. The third-order valence-electron chi connectivity index (χ3n) is 5.39. The van der Waals surface area contributed by atoms with Gasteiger partial charge in [0.2, 0.25) is 0 Å². The van der Waals surface area contributed by atoms with Gasteiger partial charge in [-0.1, -0.05) is 18.2 Å². The van der Waals surface area contributed by atoms with Crippen molar-refractivity contribution in [3.8, 4) is 0 Å². The standard InChI is InChI=1S/C21H23N5/c1-2-6-21-19(5-1)16(11-22-21)13-26-9-3-4-18(14-26)24-17-7-8-20-15(10-17)12-23-25-20/h1-2,5-8,10-12,18,22,24H,3-4,9,13-14H2,(H,23,25). The summed E-state index contributed by atoms with van der Waals surface area (Å²) in [4.78, 5) is 5.95. The third kappa shape index (κ3) is 2.95. The van der Waals surface area contributed by atoms with Gasteiger partial charge in [0.15, 0.2) is 0 Å². The normalized spacial score (nSPS) is 18.5. The first-order valence-electron chi connectivity index (χ1n) is 9.32. The maximum absolute atomic E-state index is 4.10. The molecule has 1 saturated heterocycles. The summed E-state index contributed by atoms with van der Waals surface area (Å²) in [6, 6.07) is 15.4. The van der Waals surface area contributed by atoms with E-state index in [4.69, 9.17) is 0 Å². The zero-order chi connectivity index (χ0) is 17.3. The number of anilines is 1. The average Bonchev–Trinajstić information content (AvgIpc) is 3.29. The Hall–Kier alpha value is -2.79. The van der Waals surface area contributed by atoms with E-state index in [1.54, 1.807) is 0 Å². The van der Waals surface area contributed by atoms with Gasteiger partial charge in [-0.05, 0) is 49.2 Å². The average molecular weight is 345 g/mol. The van der Waals surface area contributed by atoms with E-state index in [0.29, 0.717) is 6.04 Å². The fourth-order valence-corrected chi connectivity index (χ4v) is 4.09. The van der Waals surface area contributed by atoms with E-state index < -0.39 is 0 Å². The van der Waals surface area contributed by atoms with E-state index in [1.807, 2.05) is 6.20 Å². The molecule has 0 spiro atoms. The topological polar surface area (TPSA) is 59.7 Å². The molecule has 5 rings (SSSR count). The summed E-state index contributed by atoms with van der Waals surface area (Å²) in [5.74, 6) is 0. The molecule has 5 heteroatoms. The maximum Gasteiger partial charge on any atom is 0.0651 e. The summed E-state index contributed by atoms with van der Waals surface area (Å²) < 4.78 is 0. The first-order valence-corrected chi connectivity index (χ1v) is 9.32. The number of likely N-dealkylation sites (tertiary alicyclic amines) is 1. The number of aromatic nitrogens is 3. The molecular weight excluding hydrogens is 322 g/mol. The van der Waals surface area contributed by atoms with Gasteiger partial charge in [-0.2, -0.15) is 5.10 Å². The van der Waals surface area contributed by atoms with E-state index >= 15 is 0 Å². The molecular formula is C21H23N5. The van der Waals surface area contributed by atoms with Gasteiger partial charge in [-0.3, -0.25) is 10.00 Å². The zero-order valence-corrected chi connectivity index (χ0v) is 14.7. The second-order valence-electron chi connectivity index (χ2n) is 7.25. The smallest absolute Gasteiger partial charge is 0.0651 e. The molecule has 1 aliphatic rings. The van der Waals surface area contributed by atoms with Gasteiger partial charge in [0.05, 0.1) is 11.7 Å². The van der Waals surface area contributed by atoms with Crippen LogP contribution in [0.15, 0.2) is 54.9 Å². The van der Waals surface area contributed by atoms with Crippen LogP contribution in [0, 0.1) is 0 Å². The van der Waals surface area contributed by atoms with Crippen molar-refractivity contribution >= 4 is 27.5 Å². The summed E-state index contributed by atoms with van der Waals surface area (Å²) in [6.07, 6.45) is 6.49. The van der Waals surface area contributed by atoms with Crippen molar-refractivity contribution in [1.29, 1.82) is 0 Å². The Morgan fingerprint density at radius 2 is 2.12 bits per heavy atom. The van der Waals surface area contributed by atoms with Gasteiger partial charge in [0, 0.05) is 47.3 Å². The lowest BCUT2D eigenvalue weighted by Crippen LogP contribution is -2.41. The molecule has 3 N–H and O–H groups in total. The van der Waals surface area contributed by atoms with Gasteiger partial charge in [-0.15, -0.1) is 0 Å². The molecule has 132 valence electrons. The van der Waals surface area contributed by atoms with Crippen molar-refractivity contribution in [2.24, 2.45) is 0 Å². The summed E-state index contributed by atoms with van der Waals surface area (Å²) in [7, 11) is 0. The lowest BCUT2D eigenvalue weighted by atomic mass is 10.0. The molecule has 1 unspecified atom stereocenters. The molecule has 0 radical (unpaired) electrons. The number of benzene rings is 2. The number of rotatable bonds is 4. The van der Waals surface area contributed by atoms with Gasteiger partial charge < -0.3 is 10.3 Å². The predicted molar refractivity (Wildman–Crippen MR) is 106 cm³/mol. The van der Waals surface area contributed by atoms with Crippen LogP contribution in [0.1, 0.15) is 18.4 Å². The van der Waals surface area contributed by atoms with Crippen molar-refractivity contribution in [3.05, 3.63) is 60.4 Å². The van der Waals surface area contributed by atoms with E-state index in [9.17, 15) is 0 Å². The summed E-state index contributed by atoms with van der Waals surface area (Å²) in [6.45, 7) is 3.24. The van der Waals surface area contributed by atoms with Crippen LogP contribution in [0.2, 0.25) is 0 Å². The molecule has 5 nitrogen and oxygen atoms in total. The minimum absolute atomic E-state index is 0.485. The lowest BCUT2D eigenvalue weighted by molar-refractivity contribution is 0.209. The molecule has 0 amide bonds. The van der Waals surface area contributed by atoms with Gasteiger partial charge in [0.1, 0.15) is 0 Å². The highest BCUT2D eigenvalue weighted by molar-refractivity contribution is 5.83. The molecule has 26 heavy (non-hydrogen) atoms. The molecule has 4 aromatic rings. The monoisotopic (exact) mass is 345 g/mol. The van der Waals surface area contributed by atoms with E-state index in [0.717, 1.165) is 24.0 Å². The molecule has 0 aliphatic carbocycles. The molecule has 2 aromatic heterocycles. The van der Waals surface area contributed by atoms with Crippen LogP contribution in [0.3, 0.4) is 0 Å². The van der Waals surface area contributed by atoms with Gasteiger partial charge in [0.25, 0.3) is 0 Å². The summed E-state index contributed by atoms with van der Waals surface area (Å²) >= 11 is 0. The number of hydrogen-bond donors (Lipinski definition) is 3. The summed E-state index contributed by atoms with van der Waals surface area (Å²) in [5, 5.41) is 13.3. The molecule has 1 aliphatic heterocycles. The second kappa shape index (κ2) is 6.50. The molecule has 0 saturated carbocycles. The predicted octanol–water partition coefficient (Wildman–Crippen LogP) is 4.12. The minimum Gasteiger partial charge on any atom is -0.381 e. The molecule has 1 atom stereocenters. The van der Waals surface area contributed by atoms with E-state index in [2.05, 4.69) is 74.1 Å². The van der Waals surface area contributed by atoms with E-state index in [-0.39, 0.29) is 0 Å². The van der Waals surface area contributed by atoms with Gasteiger partial charge in [-0.25, -0.2) is 0 Å². The van der Waals surface area contributed by atoms with Crippen LogP contribution < -0.4 is 5.32 Å². The molecule has 2 aromatic carbocycles. The van der Waals surface area contributed by atoms with Crippen LogP contribution in [-0.2, 0) is 6.54 Å². The number of piperidine rings is 1. The number of fused-ring (bicyclic) bond motifs is 2. The van der Waals surface area contributed by atoms with Crippen LogP contribution in [0.4, 0.5) is 5.69 Å². The van der Waals surface area contributed by atoms with Crippen molar-refractivity contribution in [3.63, 3.8) is 0 Å². The van der Waals surface area contributed by atoms with Crippen LogP contribution in [0.5, 0.6) is 0 Å². The Kier molecular flexibility index (Phi) is 3.87. The zero-order valence-electron chi connectivity index (χ0n) is 14.7. The molecule has 3 heterocycles. The fourth-order valence-electron chi connectivity index (χ4n) is 4.09. The van der Waals surface area contributed by atoms with Crippen molar-refractivity contribution in [2.75, 3.05) is 18.4 Å². The second-order valence-corrected chi connectivity index (χ2v) is 7.25. The molecule has 0 bridgehead atoms. The lowest BCUT2D eigenvalue weighted by Gasteiger charge is -2.33. The Morgan fingerprint density at radius 3 is 3.12 bits per heavy atom. The number of nitrogens with zero attached hydrogens (tertiary/aromatic N) is 2. The Balaban J connectivity index is 1.28. The minimum atomic E-state index is 0.485. The fraction of sp³-hybridized carbons (Fsp3) is 0.286. The molecule has 1 fully saturated rings. The highest BCUT2D eigenvalue weighted by atomic mass is 15.2. The van der Waals surface area contributed by atoms with Crippen LogP contribution >= 0.6 is 0 Å². The number of H-pyrrole nitrogens is 2. The quantitative estimate of drug-likeness (QED) is 0.521. The highest BCUT2D eigenvalue weighted by Crippen LogP contribution is 2.23. The van der Waals surface area contributed by atoms with Crippen LogP contribution in [-0.4, -0.2) is 39.2 Å². The number of nitrogens with one attached hydrogen (secondary N) is 3. The Bertz CT molecular complexity index is 1030. The van der Waals surface area contributed by atoms with Gasteiger partial charge >= 0.3 is 0 Å². The number of aromatic amines is 2.